The molecule has 0 N–H and O–H groups in total. The summed E-state index contributed by atoms with van der Waals surface area (Å²) < 4.78 is 28.0. The van der Waals surface area contributed by atoms with Gasteiger partial charge in [-0.2, -0.15) is 0 Å². The summed E-state index contributed by atoms with van der Waals surface area (Å²) in [5, 5.41) is 0. The number of esters is 1. The maximum absolute atomic E-state index is 12.4. The Bertz CT molecular complexity index is 592. The second kappa shape index (κ2) is 25.3. The van der Waals surface area contributed by atoms with Gasteiger partial charge in [-0.1, -0.05) is 85.0 Å². The molecule has 0 aromatic carbocycles. The fourth-order valence-electron chi connectivity index (χ4n) is 4.68. The van der Waals surface area contributed by atoms with Crippen LogP contribution in [0.5, 0.6) is 0 Å². The Hall–Kier alpha value is -1.38. The van der Waals surface area contributed by atoms with Crippen molar-refractivity contribution in [2.75, 3.05) is 46.1 Å². The largest absolute Gasteiger partial charge is 0.508 e. The zero-order valence-electron chi connectivity index (χ0n) is 26.0. The third-order valence-electron chi connectivity index (χ3n) is 7.35. The monoisotopic (exact) mass is 570 g/mol. The van der Waals surface area contributed by atoms with Gasteiger partial charge in [-0.15, -0.1) is 0 Å². The zero-order valence-corrected chi connectivity index (χ0v) is 26.0. The number of rotatable bonds is 25. The highest BCUT2D eigenvalue weighted by atomic mass is 16.7. The smallest absolute Gasteiger partial charge is 0.465 e. The van der Waals surface area contributed by atoms with E-state index in [0.717, 1.165) is 58.2 Å². The number of hydrogen-bond donors (Lipinski definition) is 0. The summed E-state index contributed by atoms with van der Waals surface area (Å²) >= 11 is 0. The summed E-state index contributed by atoms with van der Waals surface area (Å²) in [6.45, 7) is 14.8. The molecule has 1 aliphatic heterocycles. The van der Waals surface area contributed by atoms with Crippen molar-refractivity contribution in [3.8, 4) is 0 Å². The van der Waals surface area contributed by atoms with Crippen LogP contribution in [0.4, 0.5) is 4.79 Å². The van der Waals surface area contributed by atoms with Crippen molar-refractivity contribution in [3.05, 3.63) is 6.92 Å². The van der Waals surface area contributed by atoms with Crippen LogP contribution in [-0.2, 0) is 28.5 Å². The first-order valence-corrected chi connectivity index (χ1v) is 16.3. The van der Waals surface area contributed by atoms with Crippen molar-refractivity contribution >= 4 is 12.1 Å². The minimum Gasteiger partial charge on any atom is -0.465 e. The SMILES string of the molecule is [CH2]C(COC(=O)CCC(OCCCCCCCC)OCCCCCCCC)COC(=O)OC1CCN(CC)CC1. The van der Waals surface area contributed by atoms with Crippen molar-refractivity contribution in [2.45, 2.75) is 136 Å². The van der Waals surface area contributed by atoms with E-state index >= 15 is 0 Å². The summed E-state index contributed by atoms with van der Waals surface area (Å²) in [6.07, 6.45) is 15.6. The molecule has 0 aromatic rings. The lowest BCUT2D eigenvalue weighted by molar-refractivity contribution is -0.160. The van der Waals surface area contributed by atoms with Crippen molar-refractivity contribution in [1.82, 2.24) is 4.90 Å². The first-order valence-electron chi connectivity index (χ1n) is 16.3. The summed E-state index contributed by atoms with van der Waals surface area (Å²) in [6, 6.07) is 0. The number of ether oxygens (including phenoxy) is 5. The van der Waals surface area contributed by atoms with E-state index < -0.39 is 12.4 Å². The van der Waals surface area contributed by atoms with Gasteiger partial charge in [-0.3, -0.25) is 4.79 Å². The van der Waals surface area contributed by atoms with Crippen molar-refractivity contribution in [2.24, 2.45) is 5.92 Å². The molecule has 0 saturated carbocycles. The first kappa shape index (κ1) is 36.6. The third-order valence-corrected chi connectivity index (χ3v) is 7.35. The molecule has 0 aromatic heterocycles. The highest BCUT2D eigenvalue weighted by Crippen LogP contribution is 2.15. The quantitative estimate of drug-likeness (QED) is 0.0635. The second-order valence-electron chi connectivity index (χ2n) is 11.1. The molecule has 1 fully saturated rings. The van der Waals surface area contributed by atoms with E-state index in [9.17, 15) is 9.59 Å². The molecule has 0 bridgehead atoms. The second-order valence-corrected chi connectivity index (χ2v) is 11.1. The fourth-order valence-corrected chi connectivity index (χ4v) is 4.68. The number of nitrogens with zero attached hydrogens (tertiary/aromatic N) is 1. The van der Waals surface area contributed by atoms with Crippen LogP contribution < -0.4 is 0 Å². The van der Waals surface area contributed by atoms with Gasteiger partial charge in [-0.25, -0.2) is 4.79 Å². The van der Waals surface area contributed by atoms with Crippen LogP contribution in [0.15, 0.2) is 0 Å². The van der Waals surface area contributed by atoms with E-state index in [1.807, 2.05) is 0 Å². The van der Waals surface area contributed by atoms with Gasteiger partial charge in [0.05, 0.1) is 13.0 Å². The number of carbonyl (C=O) groups is 2. The van der Waals surface area contributed by atoms with Crippen LogP contribution >= 0.6 is 0 Å². The molecule has 0 spiro atoms. The predicted molar refractivity (Wildman–Crippen MR) is 159 cm³/mol. The molecular weight excluding hydrogens is 510 g/mol. The van der Waals surface area contributed by atoms with Crippen LogP contribution in [0.1, 0.15) is 124 Å². The van der Waals surface area contributed by atoms with E-state index in [1.165, 1.54) is 51.4 Å². The molecule has 8 heteroatoms. The van der Waals surface area contributed by atoms with E-state index in [4.69, 9.17) is 23.7 Å². The maximum atomic E-state index is 12.4. The average molecular weight is 571 g/mol. The van der Waals surface area contributed by atoms with Crippen LogP contribution in [0, 0.1) is 12.8 Å². The van der Waals surface area contributed by atoms with Crippen molar-refractivity contribution in [1.29, 1.82) is 0 Å². The van der Waals surface area contributed by atoms with Gasteiger partial charge < -0.3 is 28.6 Å². The number of piperidine rings is 1. The van der Waals surface area contributed by atoms with E-state index in [-0.39, 0.29) is 37.6 Å². The number of unbranched alkanes of at least 4 members (excludes halogenated alkanes) is 10. The summed E-state index contributed by atoms with van der Waals surface area (Å²) in [7, 11) is 0. The molecule has 8 nitrogen and oxygen atoms in total. The molecule has 1 unspecified atom stereocenters. The molecule has 1 saturated heterocycles. The molecule has 0 amide bonds. The number of hydrogen-bond acceptors (Lipinski definition) is 8. The summed E-state index contributed by atoms with van der Waals surface area (Å²) in [4.78, 5) is 26.7. The van der Waals surface area contributed by atoms with Crippen LogP contribution in [0.3, 0.4) is 0 Å². The molecule has 1 atom stereocenters. The van der Waals surface area contributed by atoms with Crippen LogP contribution in [0.2, 0.25) is 0 Å². The van der Waals surface area contributed by atoms with Gasteiger partial charge in [-0.05, 0) is 39.2 Å². The van der Waals surface area contributed by atoms with Crippen molar-refractivity contribution < 1.29 is 33.3 Å². The Morgan fingerprint density at radius 3 is 1.85 bits per heavy atom. The third kappa shape index (κ3) is 20.5. The lowest BCUT2D eigenvalue weighted by atomic mass is 10.1. The van der Waals surface area contributed by atoms with E-state index in [1.54, 1.807) is 0 Å². The lowest BCUT2D eigenvalue weighted by Gasteiger charge is -2.30. The Morgan fingerprint density at radius 2 is 1.30 bits per heavy atom. The van der Waals surface area contributed by atoms with Crippen LogP contribution in [-0.4, -0.2) is 75.5 Å². The van der Waals surface area contributed by atoms with E-state index in [0.29, 0.717) is 19.6 Å². The fraction of sp³-hybridized carbons (Fsp3) is 0.906. The van der Waals surface area contributed by atoms with Gasteiger partial charge in [0.25, 0.3) is 0 Å². The van der Waals surface area contributed by atoms with Gasteiger partial charge in [0.2, 0.25) is 0 Å². The topological polar surface area (TPSA) is 83.5 Å². The normalized spacial score (nSPS) is 15.3. The highest BCUT2D eigenvalue weighted by molar-refractivity contribution is 5.69. The van der Waals surface area contributed by atoms with Gasteiger partial charge in [0, 0.05) is 38.6 Å². The van der Waals surface area contributed by atoms with E-state index in [2.05, 4.69) is 32.6 Å². The molecule has 1 radical (unpaired) electrons. The van der Waals surface area contributed by atoms with Gasteiger partial charge in [0.15, 0.2) is 6.29 Å². The molecule has 0 aliphatic carbocycles. The van der Waals surface area contributed by atoms with Crippen LogP contribution in [0.25, 0.3) is 0 Å². The Balaban J connectivity index is 2.24. The number of likely N-dealkylation sites (tertiary alicyclic amines) is 1. The lowest BCUT2D eigenvalue weighted by Crippen LogP contribution is -2.37. The Morgan fingerprint density at radius 1 is 0.775 bits per heavy atom. The molecular formula is C32H60NO7. The zero-order chi connectivity index (χ0) is 29.3. The number of carbonyl (C=O) groups excluding carboxylic acids is 2. The molecule has 1 rings (SSSR count). The summed E-state index contributed by atoms with van der Waals surface area (Å²) in [5.41, 5.74) is 0. The maximum Gasteiger partial charge on any atom is 0.508 e. The highest BCUT2D eigenvalue weighted by Gasteiger charge is 2.22. The molecule has 235 valence electrons. The predicted octanol–water partition coefficient (Wildman–Crippen LogP) is 7.48. The molecule has 1 heterocycles. The Labute approximate surface area is 245 Å². The minimum atomic E-state index is -0.678. The first-order chi connectivity index (χ1) is 19.5. The standard InChI is InChI=1S/C32H60NO7/c1-5-8-10-12-14-16-24-36-31(37-25-17-15-13-11-9-6-2)19-18-30(34)38-26-28(4)27-39-32(35)40-29-20-22-33(7-3)23-21-29/h28-29,31H,4-27H2,1-3H3. The average Bonchev–Trinajstić information content (AvgIpc) is 2.96. The van der Waals surface area contributed by atoms with Gasteiger partial charge >= 0.3 is 12.1 Å². The Kier molecular flexibility index (Phi) is 23.2. The van der Waals surface area contributed by atoms with Gasteiger partial charge in [0.1, 0.15) is 12.7 Å². The molecule has 40 heavy (non-hydrogen) atoms. The summed E-state index contributed by atoms with van der Waals surface area (Å²) in [5.74, 6) is -0.683. The minimum absolute atomic E-state index is 0.0469. The van der Waals surface area contributed by atoms with Crippen molar-refractivity contribution in [3.63, 3.8) is 0 Å². The molecule has 1 aliphatic rings.